The molecule has 5 nitrogen and oxygen atoms in total. The van der Waals surface area contributed by atoms with Gasteiger partial charge in [-0.05, 0) is 31.5 Å². The molecule has 0 radical (unpaired) electrons. The van der Waals surface area contributed by atoms with Crippen molar-refractivity contribution in [1.29, 1.82) is 0 Å². The summed E-state index contributed by atoms with van der Waals surface area (Å²) in [5.41, 5.74) is 0.454. The fourth-order valence-electron chi connectivity index (χ4n) is 1.85. The number of methoxy groups -OCH3 is 1. The minimum Gasteiger partial charge on any atom is -0.490 e. The molecule has 124 valence electrons. The summed E-state index contributed by atoms with van der Waals surface area (Å²) in [5, 5.41) is 0. The standard InChI is InChI=1S/C17H26O5/c1-4-6-7-10-21-15-9-8-14(17(18)20-5-2)13-16(15)22-12-11-19-3/h8-9,13H,4-7,10-12H2,1-3H3. The molecule has 0 saturated heterocycles. The van der Waals surface area contributed by atoms with Gasteiger partial charge in [0.2, 0.25) is 0 Å². The molecule has 0 saturated carbocycles. The van der Waals surface area contributed by atoms with Crippen molar-refractivity contribution < 1.29 is 23.7 Å². The molecule has 0 N–H and O–H groups in total. The van der Waals surface area contributed by atoms with Crippen LogP contribution < -0.4 is 9.47 Å². The highest BCUT2D eigenvalue weighted by Crippen LogP contribution is 2.29. The van der Waals surface area contributed by atoms with Crippen LogP contribution in [0.3, 0.4) is 0 Å². The average molecular weight is 310 g/mol. The molecular weight excluding hydrogens is 284 g/mol. The van der Waals surface area contributed by atoms with E-state index >= 15 is 0 Å². The zero-order valence-electron chi connectivity index (χ0n) is 13.7. The monoisotopic (exact) mass is 310 g/mol. The van der Waals surface area contributed by atoms with Crippen LogP contribution in [0.25, 0.3) is 0 Å². The molecule has 0 atom stereocenters. The van der Waals surface area contributed by atoms with Crippen LogP contribution in [-0.2, 0) is 9.47 Å². The molecule has 1 aromatic carbocycles. The lowest BCUT2D eigenvalue weighted by Crippen LogP contribution is -2.09. The first kappa shape index (κ1) is 18.3. The number of esters is 1. The molecule has 22 heavy (non-hydrogen) atoms. The molecule has 0 heterocycles. The van der Waals surface area contributed by atoms with Crippen molar-refractivity contribution in [2.24, 2.45) is 0 Å². The normalized spacial score (nSPS) is 10.3. The maximum atomic E-state index is 11.8. The molecule has 0 spiro atoms. The molecule has 1 rings (SSSR count). The van der Waals surface area contributed by atoms with Gasteiger partial charge in [-0.1, -0.05) is 19.8 Å². The molecule has 1 aromatic rings. The zero-order chi connectivity index (χ0) is 16.2. The highest BCUT2D eigenvalue weighted by molar-refractivity contribution is 5.90. The van der Waals surface area contributed by atoms with Gasteiger partial charge in [0.25, 0.3) is 0 Å². The highest BCUT2D eigenvalue weighted by atomic mass is 16.5. The van der Waals surface area contributed by atoms with Gasteiger partial charge in [0.05, 0.1) is 25.4 Å². The van der Waals surface area contributed by atoms with Gasteiger partial charge in [-0.2, -0.15) is 0 Å². The summed E-state index contributed by atoms with van der Waals surface area (Å²) < 4.78 is 21.4. The molecule has 5 heteroatoms. The predicted octanol–water partition coefficient (Wildman–Crippen LogP) is 3.46. The smallest absolute Gasteiger partial charge is 0.338 e. The lowest BCUT2D eigenvalue weighted by molar-refractivity contribution is 0.0525. The Morgan fingerprint density at radius 1 is 1.00 bits per heavy atom. The third-order valence-electron chi connectivity index (χ3n) is 3.01. The molecule has 0 fully saturated rings. The Kier molecular flexibility index (Phi) is 9.07. The first-order valence-corrected chi connectivity index (χ1v) is 7.78. The Morgan fingerprint density at radius 2 is 1.77 bits per heavy atom. The first-order valence-electron chi connectivity index (χ1n) is 7.78. The van der Waals surface area contributed by atoms with Gasteiger partial charge in [-0.15, -0.1) is 0 Å². The fourth-order valence-corrected chi connectivity index (χ4v) is 1.85. The minimum absolute atomic E-state index is 0.341. The lowest BCUT2D eigenvalue weighted by Gasteiger charge is -2.14. The van der Waals surface area contributed by atoms with E-state index in [-0.39, 0.29) is 5.97 Å². The summed E-state index contributed by atoms with van der Waals surface area (Å²) in [6.07, 6.45) is 3.26. The Bertz CT molecular complexity index is 445. The minimum atomic E-state index is -0.364. The van der Waals surface area contributed by atoms with Gasteiger partial charge in [0, 0.05) is 7.11 Å². The summed E-state index contributed by atoms with van der Waals surface area (Å²) in [6.45, 7) is 5.76. The van der Waals surface area contributed by atoms with E-state index in [9.17, 15) is 4.79 Å². The summed E-state index contributed by atoms with van der Waals surface area (Å²) >= 11 is 0. The highest BCUT2D eigenvalue weighted by Gasteiger charge is 2.12. The number of ether oxygens (including phenoxy) is 4. The largest absolute Gasteiger partial charge is 0.490 e. The van der Waals surface area contributed by atoms with Gasteiger partial charge in [-0.25, -0.2) is 4.79 Å². The summed E-state index contributed by atoms with van der Waals surface area (Å²) in [5.74, 6) is 0.816. The van der Waals surface area contributed by atoms with E-state index in [1.807, 2.05) is 0 Å². The number of hydrogen-bond acceptors (Lipinski definition) is 5. The SMILES string of the molecule is CCCCCOc1ccc(C(=O)OCC)cc1OCCOC. The van der Waals surface area contributed by atoms with Crippen LogP contribution in [0.2, 0.25) is 0 Å². The van der Waals surface area contributed by atoms with Crippen LogP contribution in [0.15, 0.2) is 18.2 Å². The van der Waals surface area contributed by atoms with Gasteiger partial charge < -0.3 is 18.9 Å². The van der Waals surface area contributed by atoms with E-state index in [0.717, 1.165) is 19.3 Å². The molecule has 0 bridgehead atoms. The summed E-state index contributed by atoms with van der Waals surface area (Å²) in [7, 11) is 1.61. The fraction of sp³-hybridized carbons (Fsp3) is 0.588. The second kappa shape index (κ2) is 10.9. The molecule has 0 aliphatic carbocycles. The zero-order valence-corrected chi connectivity index (χ0v) is 13.7. The Labute approximate surface area is 132 Å². The average Bonchev–Trinajstić information content (AvgIpc) is 2.53. The number of carbonyl (C=O) groups excluding carboxylic acids is 1. The van der Waals surface area contributed by atoms with E-state index in [4.69, 9.17) is 18.9 Å². The number of unbranched alkanes of at least 4 members (excludes halogenated alkanes) is 2. The molecule has 0 amide bonds. The van der Waals surface area contributed by atoms with E-state index < -0.39 is 0 Å². The van der Waals surface area contributed by atoms with Crippen LogP contribution in [0.5, 0.6) is 11.5 Å². The summed E-state index contributed by atoms with van der Waals surface area (Å²) in [4.78, 5) is 11.8. The van der Waals surface area contributed by atoms with E-state index in [1.54, 1.807) is 32.2 Å². The Hall–Kier alpha value is -1.75. The maximum absolute atomic E-state index is 11.8. The van der Waals surface area contributed by atoms with Crippen molar-refractivity contribution in [1.82, 2.24) is 0 Å². The molecule has 0 unspecified atom stereocenters. The summed E-state index contributed by atoms with van der Waals surface area (Å²) in [6, 6.07) is 5.10. The van der Waals surface area contributed by atoms with Crippen molar-refractivity contribution in [3.63, 3.8) is 0 Å². The van der Waals surface area contributed by atoms with Crippen molar-refractivity contribution in [3.8, 4) is 11.5 Å². The third-order valence-corrected chi connectivity index (χ3v) is 3.01. The predicted molar refractivity (Wildman–Crippen MR) is 84.8 cm³/mol. The van der Waals surface area contributed by atoms with Crippen molar-refractivity contribution in [2.75, 3.05) is 33.5 Å². The number of carbonyl (C=O) groups is 1. The van der Waals surface area contributed by atoms with Gasteiger partial charge >= 0.3 is 5.97 Å². The third kappa shape index (κ3) is 6.35. The van der Waals surface area contributed by atoms with Crippen LogP contribution in [0.1, 0.15) is 43.5 Å². The van der Waals surface area contributed by atoms with Crippen LogP contribution in [0, 0.1) is 0 Å². The van der Waals surface area contributed by atoms with Crippen molar-refractivity contribution >= 4 is 5.97 Å². The molecular formula is C17H26O5. The van der Waals surface area contributed by atoms with E-state index in [0.29, 0.717) is 43.5 Å². The van der Waals surface area contributed by atoms with Crippen molar-refractivity contribution in [3.05, 3.63) is 23.8 Å². The lowest BCUT2D eigenvalue weighted by atomic mass is 10.2. The first-order chi connectivity index (χ1) is 10.7. The second-order valence-corrected chi connectivity index (χ2v) is 4.78. The Balaban J connectivity index is 2.77. The second-order valence-electron chi connectivity index (χ2n) is 4.78. The van der Waals surface area contributed by atoms with Crippen LogP contribution in [-0.4, -0.2) is 39.5 Å². The van der Waals surface area contributed by atoms with Gasteiger partial charge in [-0.3, -0.25) is 0 Å². The van der Waals surface area contributed by atoms with Gasteiger partial charge in [0.15, 0.2) is 11.5 Å². The Morgan fingerprint density at radius 3 is 2.45 bits per heavy atom. The van der Waals surface area contributed by atoms with Crippen LogP contribution in [0.4, 0.5) is 0 Å². The van der Waals surface area contributed by atoms with Crippen LogP contribution >= 0.6 is 0 Å². The molecule has 0 aliphatic rings. The molecule has 0 aliphatic heterocycles. The topological polar surface area (TPSA) is 54.0 Å². The number of rotatable bonds is 11. The number of hydrogen-bond donors (Lipinski definition) is 0. The maximum Gasteiger partial charge on any atom is 0.338 e. The molecule has 0 aromatic heterocycles. The van der Waals surface area contributed by atoms with Crippen molar-refractivity contribution in [2.45, 2.75) is 33.1 Å². The van der Waals surface area contributed by atoms with Gasteiger partial charge in [0.1, 0.15) is 6.61 Å². The quantitative estimate of drug-likeness (QED) is 0.463. The van der Waals surface area contributed by atoms with E-state index in [2.05, 4.69) is 6.92 Å². The number of benzene rings is 1. The van der Waals surface area contributed by atoms with E-state index in [1.165, 1.54) is 0 Å².